The van der Waals surface area contributed by atoms with Gasteiger partial charge in [0.05, 0.1) is 12.2 Å². The van der Waals surface area contributed by atoms with Crippen molar-refractivity contribution < 1.29 is 9.53 Å². The lowest BCUT2D eigenvalue weighted by molar-refractivity contribution is -0.125. The van der Waals surface area contributed by atoms with Crippen LogP contribution in [0.1, 0.15) is 56.4 Å². The van der Waals surface area contributed by atoms with E-state index in [1.165, 1.54) is 43.4 Å². The van der Waals surface area contributed by atoms with Crippen molar-refractivity contribution >= 4 is 11.6 Å². The summed E-state index contributed by atoms with van der Waals surface area (Å²) in [6.07, 6.45) is 8.47. The number of hydrogen-bond donors (Lipinski definition) is 1. The first-order valence-electron chi connectivity index (χ1n) is 9.60. The molecule has 1 aromatic rings. The first-order chi connectivity index (χ1) is 11.8. The molecule has 2 aliphatic carbocycles. The van der Waals surface area contributed by atoms with Crippen LogP contribution in [0.4, 0.5) is 5.69 Å². The third kappa shape index (κ3) is 3.52. The second-order valence-corrected chi connectivity index (χ2v) is 7.46. The van der Waals surface area contributed by atoms with Crippen molar-refractivity contribution in [3.8, 4) is 5.75 Å². The summed E-state index contributed by atoms with van der Waals surface area (Å²) < 4.78 is 5.80. The topological polar surface area (TPSA) is 41.6 Å². The fourth-order valence-electron chi connectivity index (χ4n) is 4.02. The van der Waals surface area contributed by atoms with Gasteiger partial charge >= 0.3 is 0 Å². The molecule has 3 aliphatic rings. The van der Waals surface area contributed by atoms with E-state index in [4.69, 9.17) is 4.74 Å². The number of carbonyl (C=O) groups is 1. The fourth-order valence-corrected chi connectivity index (χ4v) is 4.02. The van der Waals surface area contributed by atoms with E-state index in [9.17, 15) is 4.79 Å². The van der Waals surface area contributed by atoms with Gasteiger partial charge in [0.1, 0.15) is 12.4 Å². The third-order valence-corrected chi connectivity index (χ3v) is 5.65. The van der Waals surface area contributed by atoms with Gasteiger partial charge in [-0.25, -0.2) is 0 Å². The van der Waals surface area contributed by atoms with Gasteiger partial charge in [0.15, 0.2) is 0 Å². The Bertz CT molecular complexity index is 591. The van der Waals surface area contributed by atoms with Gasteiger partial charge in [0.25, 0.3) is 0 Å². The molecule has 130 valence electrons. The first kappa shape index (κ1) is 15.8. The summed E-state index contributed by atoms with van der Waals surface area (Å²) in [6.45, 7) is 3.22. The van der Waals surface area contributed by atoms with E-state index in [-0.39, 0.29) is 11.8 Å². The van der Waals surface area contributed by atoms with Crippen LogP contribution in [0, 0.1) is 5.92 Å². The zero-order valence-corrected chi connectivity index (χ0v) is 14.4. The SMILES string of the molecule is O=C(NCCN1CCOc2ccc(C3CC3)cc21)C1CCCCC1. The summed E-state index contributed by atoms with van der Waals surface area (Å²) in [7, 11) is 0. The van der Waals surface area contributed by atoms with Gasteiger partial charge in [-0.3, -0.25) is 4.79 Å². The molecule has 4 heteroatoms. The molecule has 0 spiro atoms. The number of carbonyl (C=O) groups excluding carboxylic acids is 1. The molecular weight excluding hydrogens is 300 g/mol. The lowest BCUT2D eigenvalue weighted by Gasteiger charge is -2.32. The summed E-state index contributed by atoms with van der Waals surface area (Å²) >= 11 is 0. The van der Waals surface area contributed by atoms with Gasteiger partial charge in [0, 0.05) is 19.0 Å². The smallest absolute Gasteiger partial charge is 0.223 e. The molecule has 0 bridgehead atoms. The summed E-state index contributed by atoms with van der Waals surface area (Å²) in [5.41, 5.74) is 2.65. The number of hydrogen-bond acceptors (Lipinski definition) is 3. The summed E-state index contributed by atoms with van der Waals surface area (Å²) in [5, 5.41) is 3.16. The Kier molecular flexibility index (Phi) is 4.63. The van der Waals surface area contributed by atoms with Crippen molar-refractivity contribution in [1.29, 1.82) is 0 Å². The van der Waals surface area contributed by atoms with Crippen LogP contribution in [-0.2, 0) is 4.79 Å². The zero-order chi connectivity index (χ0) is 16.4. The number of benzene rings is 1. The fraction of sp³-hybridized carbons (Fsp3) is 0.650. The molecule has 2 fully saturated rings. The number of ether oxygens (including phenoxy) is 1. The maximum atomic E-state index is 12.3. The summed E-state index contributed by atoms with van der Waals surface area (Å²) in [5.74, 6) is 2.25. The van der Waals surface area contributed by atoms with E-state index < -0.39 is 0 Å². The van der Waals surface area contributed by atoms with Crippen molar-refractivity contribution in [3.63, 3.8) is 0 Å². The Morgan fingerprint density at radius 3 is 2.79 bits per heavy atom. The molecule has 1 aromatic carbocycles. The molecule has 4 nitrogen and oxygen atoms in total. The highest BCUT2D eigenvalue weighted by Crippen LogP contribution is 2.43. The van der Waals surface area contributed by atoms with Gasteiger partial charge in [-0.05, 0) is 49.3 Å². The van der Waals surface area contributed by atoms with Crippen molar-refractivity contribution in [2.24, 2.45) is 5.92 Å². The van der Waals surface area contributed by atoms with Gasteiger partial charge in [-0.2, -0.15) is 0 Å². The Morgan fingerprint density at radius 2 is 2.00 bits per heavy atom. The number of amides is 1. The molecule has 4 rings (SSSR count). The molecule has 0 unspecified atom stereocenters. The minimum absolute atomic E-state index is 0.247. The van der Waals surface area contributed by atoms with Gasteiger partial charge in [0.2, 0.25) is 5.91 Å². The Labute approximate surface area is 144 Å². The van der Waals surface area contributed by atoms with Gasteiger partial charge < -0.3 is 15.0 Å². The molecule has 0 atom stereocenters. The van der Waals surface area contributed by atoms with Crippen LogP contribution in [-0.4, -0.2) is 32.1 Å². The zero-order valence-electron chi connectivity index (χ0n) is 14.4. The molecule has 1 heterocycles. The summed E-state index contributed by atoms with van der Waals surface area (Å²) in [4.78, 5) is 14.6. The van der Waals surface area contributed by atoms with E-state index in [1.54, 1.807) is 0 Å². The normalized spacial score (nSPS) is 21.1. The number of rotatable bonds is 5. The van der Waals surface area contributed by atoms with Crippen LogP contribution in [0.3, 0.4) is 0 Å². The number of nitrogens with one attached hydrogen (secondary N) is 1. The van der Waals surface area contributed by atoms with Crippen molar-refractivity contribution in [2.75, 3.05) is 31.1 Å². The van der Waals surface area contributed by atoms with Crippen LogP contribution in [0.15, 0.2) is 18.2 Å². The van der Waals surface area contributed by atoms with E-state index in [1.807, 2.05) is 0 Å². The van der Waals surface area contributed by atoms with E-state index in [0.29, 0.717) is 0 Å². The molecule has 1 N–H and O–H groups in total. The standard InChI is InChI=1S/C20H28N2O2/c23-20(16-4-2-1-3-5-16)21-10-11-22-12-13-24-19-9-8-17(14-18(19)22)15-6-7-15/h8-9,14-16H,1-7,10-13H2,(H,21,23). The maximum absolute atomic E-state index is 12.3. The van der Waals surface area contributed by atoms with Crippen molar-refractivity contribution in [1.82, 2.24) is 5.32 Å². The average Bonchev–Trinajstić information content (AvgIpc) is 3.47. The predicted molar refractivity (Wildman–Crippen MR) is 95.7 cm³/mol. The quantitative estimate of drug-likeness (QED) is 0.900. The molecule has 1 aliphatic heterocycles. The Morgan fingerprint density at radius 1 is 1.17 bits per heavy atom. The van der Waals surface area contributed by atoms with Crippen molar-refractivity contribution in [2.45, 2.75) is 50.9 Å². The highest BCUT2D eigenvalue weighted by Gasteiger charge is 2.26. The second-order valence-electron chi connectivity index (χ2n) is 7.46. The van der Waals surface area contributed by atoms with Gasteiger partial charge in [-0.1, -0.05) is 25.3 Å². The van der Waals surface area contributed by atoms with E-state index >= 15 is 0 Å². The second kappa shape index (κ2) is 7.04. The van der Waals surface area contributed by atoms with Crippen LogP contribution >= 0.6 is 0 Å². The molecule has 0 radical (unpaired) electrons. The molecule has 24 heavy (non-hydrogen) atoms. The Hall–Kier alpha value is -1.71. The molecule has 0 aromatic heterocycles. The molecule has 2 saturated carbocycles. The number of nitrogens with zero attached hydrogens (tertiary/aromatic N) is 1. The first-order valence-corrected chi connectivity index (χ1v) is 9.60. The maximum Gasteiger partial charge on any atom is 0.223 e. The molecular formula is C20H28N2O2. The van der Waals surface area contributed by atoms with Crippen molar-refractivity contribution in [3.05, 3.63) is 23.8 Å². The highest BCUT2D eigenvalue weighted by molar-refractivity contribution is 5.78. The lowest BCUT2D eigenvalue weighted by atomic mass is 9.89. The van der Waals surface area contributed by atoms with E-state index in [0.717, 1.165) is 50.8 Å². The van der Waals surface area contributed by atoms with Crippen LogP contribution in [0.2, 0.25) is 0 Å². The molecule has 1 amide bonds. The minimum Gasteiger partial charge on any atom is -0.490 e. The molecule has 0 saturated heterocycles. The van der Waals surface area contributed by atoms with Crippen LogP contribution < -0.4 is 15.0 Å². The lowest BCUT2D eigenvalue weighted by Crippen LogP contribution is -2.41. The minimum atomic E-state index is 0.247. The highest BCUT2D eigenvalue weighted by atomic mass is 16.5. The van der Waals surface area contributed by atoms with E-state index in [2.05, 4.69) is 28.4 Å². The number of anilines is 1. The Balaban J connectivity index is 1.34. The number of fused-ring (bicyclic) bond motifs is 1. The average molecular weight is 328 g/mol. The monoisotopic (exact) mass is 328 g/mol. The predicted octanol–water partition coefficient (Wildman–Crippen LogP) is 3.46. The summed E-state index contributed by atoms with van der Waals surface area (Å²) in [6, 6.07) is 6.63. The van der Waals surface area contributed by atoms with Gasteiger partial charge in [-0.15, -0.1) is 0 Å². The van der Waals surface area contributed by atoms with Crippen LogP contribution in [0.5, 0.6) is 5.75 Å². The largest absolute Gasteiger partial charge is 0.490 e. The van der Waals surface area contributed by atoms with Crippen LogP contribution in [0.25, 0.3) is 0 Å². The third-order valence-electron chi connectivity index (χ3n) is 5.65.